The van der Waals surface area contributed by atoms with Gasteiger partial charge in [-0.2, -0.15) is 0 Å². The summed E-state index contributed by atoms with van der Waals surface area (Å²) in [5.74, 6) is -1.01. The van der Waals surface area contributed by atoms with E-state index in [-0.39, 0.29) is 37.5 Å². The number of rotatable bonds is 49. The number of carbonyl (C=O) groups excluding carboxylic acids is 3. The predicted molar refractivity (Wildman–Crippen MR) is 297 cm³/mol. The highest BCUT2D eigenvalue weighted by Crippen LogP contribution is 2.13. The second-order valence-corrected chi connectivity index (χ2v) is 18.1. The smallest absolute Gasteiger partial charge is 0.306 e. The molecule has 0 aliphatic rings. The second-order valence-electron chi connectivity index (χ2n) is 18.1. The molecule has 0 saturated carbocycles. The molecule has 0 aromatic heterocycles. The molecule has 0 aliphatic carbocycles. The highest BCUT2D eigenvalue weighted by Gasteiger charge is 2.19. The van der Waals surface area contributed by atoms with Gasteiger partial charge in [0.15, 0.2) is 6.10 Å². The van der Waals surface area contributed by atoms with Crippen molar-refractivity contribution < 1.29 is 28.6 Å². The first-order valence-electron chi connectivity index (χ1n) is 28.0. The van der Waals surface area contributed by atoms with Crippen LogP contribution in [0.5, 0.6) is 0 Å². The highest BCUT2D eigenvalue weighted by atomic mass is 16.6. The van der Waals surface area contributed by atoms with Crippen LogP contribution in [0.3, 0.4) is 0 Å². The minimum absolute atomic E-state index is 0.116. The maximum atomic E-state index is 12.8. The second kappa shape index (κ2) is 56.4. The summed E-state index contributed by atoms with van der Waals surface area (Å²) < 4.78 is 16.8. The van der Waals surface area contributed by atoms with Crippen LogP contribution >= 0.6 is 0 Å². The molecule has 0 aliphatic heterocycles. The lowest BCUT2D eigenvalue weighted by molar-refractivity contribution is -0.167. The van der Waals surface area contributed by atoms with E-state index < -0.39 is 6.10 Å². The molecule has 0 amide bonds. The van der Waals surface area contributed by atoms with Crippen LogP contribution in [0.2, 0.25) is 0 Å². The summed E-state index contributed by atoms with van der Waals surface area (Å²) in [5, 5.41) is 0. The third-order valence-electron chi connectivity index (χ3n) is 11.4. The molecule has 0 bridgehead atoms. The van der Waals surface area contributed by atoms with E-state index in [1.54, 1.807) is 0 Å². The molecule has 1 atom stereocenters. The standard InChI is InChI=1S/C63H102O6/c1-4-7-10-13-16-19-22-25-28-30-31-33-35-38-41-44-47-50-53-56-62(65)68-59-60(58-67-61(64)55-52-49-46-43-40-37-34-27-24-21-18-15-12-9-6-3)69-63(66)57-54-51-48-45-42-39-36-32-29-26-23-20-17-14-11-8-5-2/h8,11,16-17,19-21,24-26,28-29,31,33,36,38-39,41,45,48,60H,4-7,9-10,12-15,18,22-23,27,30,32,34-35,37,40,42-44,46-47,49-59H2,1-3H3/b11-8+,19-16+,20-17+,24-21+,28-25+,29-26+,33-31+,39-36+,41-38+,48-45+/t60-/m1/s1. The number of allylic oxidation sites excluding steroid dienone is 20. The van der Waals surface area contributed by atoms with Crippen molar-refractivity contribution in [1.29, 1.82) is 0 Å². The van der Waals surface area contributed by atoms with E-state index in [1.165, 1.54) is 89.9 Å². The highest BCUT2D eigenvalue weighted by molar-refractivity contribution is 5.71. The Bertz CT molecular complexity index is 1470. The Hall–Kier alpha value is -4.19. The van der Waals surface area contributed by atoms with Crippen LogP contribution in [0.4, 0.5) is 0 Å². The SMILES string of the molecule is CC/C=C/C/C=C/C/C=C/C/C=C/C/C=C/CCCC(=O)O[C@@H](COC(=O)CCCCC/C=C/C/C=C/C/C=C/C/C=C/CCCCC)COC(=O)CCCCCCCCC/C=C/CCCCCC. The molecule has 0 radical (unpaired) electrons. The van der Waals surface area contributed by atoms with Gasteiger partial charge in [0, 0.05) is 19.3 Å². The van der Waals surface area contributed by atoms with Crippen LogP contribution in [-0.2, 0) is 28.6 Å². The molecule has 0 rings (SSSR count). The van der Waals surface area contributed by atoms with Gasteiger partial charge in [0.25, 0.3) is 0 Å². The largest absolute Gasteiger partial charge is 0.462 e. The fourth-order valence-electron chi connectivity index (χ4n) is 7.22. The summed E-state index contributed by atoms with van der Waals surface area (Å²) >= 11 is 0. The van der Waals surface area contributed by atoms with E-state index in [0.717, 1.165) is 103 Å². The van der Waals surface area contributed by atoms with Gasteiger partial charge >= 0.3 is 17.9 Å². The monoisotopic (exact) mass is 955 g/mol. The fraction of sp³-hybridized carbons (Fsp3) is 0.635. The molecular formula is C63H102O6. The third kappa shape index (κ3) is 54.6. The van der Waals surface area contributed by atoms with E-state index in [2.05, 4.69) is 142 Å². The van der Waals surface area contributed by atoms with E-state index in [0.29, 0.717) is 19.3 Å². The number of esters is 3. The van der Waals surface area contributed by atoms with Gasteiger partial charge in [0.1, 0.15) is 13.2 Å². The Morgan fingerprint density at radius 3 is 0.986 bits per heavy atom. The topological polar surface area (TPSA) is 78.9 Å². The summed E-state index contributed by atoms with van der Waals surface area (Å²) in [6, 6.07) is 0. The molecule has 69 heavy (non-hydrogen) atoms. The minimum atomic E-state index is -0.826. The van der Waals surface area contributed by atoms with E-state index >= 15 is 0 Å². The minimum Gasteiger partial charge on any atom is -0.462 e. The number of hydrogen-bond donors (Lipinski definition) is 0. The van der Waals surface area contributed by atoms with Crippen molar-refractivity contribution in [3.05, 3.63) is 122 Å². The predicted octanol–water partition coefficient (Wildman–Crippen LogP) is 18.9. The first-order valence-corrected chi connectivity index (χ1v) is 28.0. The van der Waals surface area contributed by atoms with E-state index in [1.807, 2.05) is 0 Å². The lowest BCUT2D eigenvalue weighted by Crippen LogP contribution is -2.30. The van der Waals surface area contributed by atoms with Gasteiger partial charge in [-0.15, -0.1) is 0 Å². The first-order chi connectivity index (χ1) is 34.0. The molecule has 6 heteroatoms. The first kappa shape index (κ1) is 64.8. The molecule has 0 fully saturated rings. The van der Waals surface area contributed by atoms with Crippen molar-refractivity contribution in [1.82, 2.24) is 0 Å². The van der Waals surface area contributed by atoms with Gasteiger partial charge in [-0.3, -0.25) is 14.4 Å². The van der Waals surface area contributed by atoms with Crippen molar-refractivity contribution in [3.8, 4) is 0 Å². The Kier molecular flexibility index (Phi) is 53.0. The summed E-state index contributed by atoms with van der Waals surface area (Å²) in [4.78, 5) is 38.1. The summed E-state index contributed by atoms with van der Waals surface area (Å²) in [7, 11) is 0. The zero-order valence-corrected chi connectivity index (χ0v) is 44.5. The number of unbranched alkanes of at least 4 members (excludes halogenated alkanes) is 18. The van der Waals surface area contributed by atoms with Crippen LogP contribution in [0.15, 0.2) is 122 Å². The van der Waals surface area contributed by atoms with Crippen molar-refractivity contribution >= 4 is 17.9 Å². The molecule has 0 N–H and O–H groups in total. The lowest BCUT2D eigenvalue weighted by Gasteiger charge is -2.18. The lowest BCUT2D eigenvalue weighted by atomic mass is 10.1. The van der Waals surface area contributed by atoms with Gasteiger partial charge in [-0.1, -0.05) is 213 Å². The van der Waals surface area contributed by atoms with E-state index in [9.17, 15) is 14.4 Å². The molecule has 0 spiro atoms. The molecule has 0 saturated heterocycles. The number of carbonyl (C=O) groups is 3. The number of ether oxygens (including phenoxy) is 3. The van der Waals surface area contributed by atoms with Gasteiger partial charge in [0.2, 0.25) is 0 Å². The Balaban J connectivity index is 4.56. The average molecular weight is 956 g/mol. The molecule has 390 valence electrons. The number of hydrogen-bond acceptors (Lipinski definition) is 6. The maximum Gasteiger partial charge on any atom is 0.306 e. The molecule has 0 heterocycles. The van der Waals surface area contributed by atoms with Crippen molar-refractivity contribution in [2.24, 2.45) is 0 Å². The Morgan fingerprint density at radius 1 is 0.304 bits per heavy atom. The van der Waals surface area contributed by atoms with Gasteiger partial charge in [-0.05, 0) is 128 Å². The van der Waals surface area contributed by atoms with E-state index in [4.69, 9.17) is 14.2 Å². The zero-order valence-electron chi connectivity index (χ0n) is 44.5. The van der Waals surface area contributed by atoms with Crippen LogP contribution in [0.1, 0.15) is 239 Å². The summed E-state index contributed by atoms with van der Waals surface area (Å²) in [5.41, 5.74) is 0. The third-order valence-corrected chi connectivity index (χ3v) is 11.4. The summed E-state index contributed by atoms with van der Waals surface area (Å²) in [6.07, 6.45) is 77.6. The molecule has 0 aromatic rings. The van der Waals surface area contributed by atoms with Crippen molar-refractivity contribution in [2.45, 2.75) is 245 Å². The van der Waals surface area contributed by atoms with Gasteiger partial charge in [-0.25, -0.2) is 0 Å². The Morgan fingerprint density at radius 2 is 0.580 bits per heavy atom. The average Bonchev–Trinajstić information content (AvgIpc) is 3.35. The van der Waals surface area contributed by atoms with Crippen molar-refractivity contribution in [2.75, 3.05) is 13.2 Å². The van der Waals surface area contributed by atoms with Crippen LogP contribution in [0, 0.1) is 0 Å². The van der Waals surface area contributed by atoms with Crippen LogP contribution in [-0.4, -0.2) is 37.2 Å². The fourth-order valence-corrected chi connectivity index (χ4v) is 7.22. The van der Waals surface area contributed by atoms with Crippen LogP contribution < -0.4 is 0 Å². The summed E-state index contributed by atoms with van der Waals surface area (Å²) in [6.45, 7) is 6.40. The van der Waals surface area contributed by atoms with Gasteiger partial charge < -0.3 is 14.2 Å². The quantitative estimate of drug-likeness (QED) is 0.0262. The van der Waals surface area contributed by atoms with Gasteiger partial charge in [0.05, 0.1) is 0 Å². The van der Waals surface area contributed by atoms with Crippen LogP contribution in [0.25, 0.3) is 0 Å². The molecule has 0 aromatic carbocycles. The molecule has 0 unspecified atom stereocenters. The van der Waals surface area contributed by atoms with Crippen molar-refractivity contribution in [3.63, 3.8) is 0 Å². The molecule has 6 nitrogen and oxygen atoms in total. The maximum absolute atomic E-state index is 12.8. The zero-order chi connectivity index (χ0) is 50.0. The Labute approximate surface area is 424 Å². The molecular weight excluding hydrogens is 853 g/mol. The normalized spacial score (nSPS) is 13.0.